The second-order valence-corrected chi connectivity index (χ2v) is 2.67. The quantitative estimate of drug-likeness (QED) is 0.679. The monoisotopic (exact) mass is 203 g/mol. The Morgan fingerprint density at radius 2 is 1.93 bits per heavy atom. The first-order chi connectivity index (χ1) is 6.45. The van der Waals surface area contributed by atoms with Crippen LogP contribution in [0.5, 0.6) is 0 Å². The Balaban J connectivity index is 3.02. The van der Waals surface area contributed by atoms with Gasteiger partial charge in [-0.25, -0.2) is 5.11 Å². The zero-order valence-electron chi connectivity index (χ0n) is 6.97. The zero-order valence-corrected chi connectivity index (χ0v) is 6.97. The van der Waals surface area contributed by atoms with Crippen molar-refractivity contribution in [3.05, 3.63) is 35.4 Å². The summed E-state index contributed by atoms with van der Waals surface area (Å²) in [4.78, 5) is 10.7. The summed E-state index contributed by atoms with van der Waals surface area (Å²) in [6, 6.07) is 4.63. The van der Waals surface area contributed by atoms with E-state index in [9.17, 15) is 23.1 Å². The van der Waals surface area contributed by atoms with Crippen LogP contribution in [-0.4, -0.2) is 12.0 Å². The van der Waals surface area contributed by atoms with Gasteiger partial charge >= 0.3 is 6.18 Å². The van der Waals surface area contributed by atoms with E-state index in [2.05, 4.69) is 0 Å². The van der Waals surface area contributed by atoms with Crippen LogP contribution in [0.4, 0.5) is 13.2 Å². The molecule has 0 saturated heterocycles. The Hall–Kier alpha value is -1.36. The minimum absolute atomic E-state index is 0.167. The summed E-state index contributed by atoms with van der Waals surface area (Å²) in [5.41, 5.74) is -0.328. The zero-order chi connectivity index (χ0) is 10.8. The lowest BCUT2D eigenvalue weighted by atomic mass is 10.1. The Kier molecular flexibility index (Phi) is 2.90. The Morgan fingerprint density at radius 3 is 2.43 bits per heavy atom. The molecule has 0 aliphatic carbocycles. The van der Waals surface area contributed by atoms with Crippen molar-refractivity contribution < 1.29 is 23.1 Å². The van der Waals surface area contributed by atoms with Crippen molar-refractivity contribution in [2.24, 2.45) is 0 Å². The molecule has 0 saturated carbocycles. The van der Waals surface area contributed by atoms with Gasteiger partial charge in [-0.1, -0.05) is 18.2 Å². The maximum Gasteiger partial charge on any atom is 0.454 e. The predicted octanol–water partition coefficient (Wildman–Crippen LogP) is 2.36. The third kappa shape index (κ3) is 2.32. The molecule has 0 aromatic heterocycles. The lowest BCUT2D eigenvalue weighted by Gasteiger charge is -2.05. The van der Waals surface area contributed by atoms with Gasteiger partial charge in [-0.3, -0.25) is 4.79 Å². The van der Waals surface area contributed by atoms with Crippen LogP contribution in [0.15, 0.2) is 24.3 Å². The SMILES string of the molecule is [O]Cc1cccc(C(=O)C(F)(F)F)c1. The second-order valence-electron chi connectivity index (χ2n) is 2.67. The van der Waals surface area contributed by atoms with Crippen LogP contribution in [0, 0.1) is 0 Å². The van der Waals surface area contributed by atoms with Crippen LogP contribution in [0.25, 0.3) is 0 Å². The Morgan fingerprint density at radius 1 is 1.29 bits per heavy atom. The van der Waals surface area contributed by atoms with Crippen LogP contribution in [-0.2, 0) is 11.7 Å². The van der Waals surface area contributed by atoms with Crippen molar-refractivity contribution in [2.45, 2.75) is 12.8 Å². The van der Waals surface area contributed by atoms with E-state index in [0.29, 0.717) is 0 Å². The fourth-order valence-electron chi connectivity index (χ4n) is 0.966. The lowest BCUT2D eigenvalue weighted by Crippen LogP contribution is -2.22. The first-order valence-electron chi connectivity index (χ1n) is 3.73. The number of benzene rings is 1. The number of carbonyl (C=O) groups is 1. The number of hydrogen-bond donors (Lipinski definition) is 0. The summed E-state index contributed by atoms with van der Waals surface area (Å²) in [7, 11) is 0. The van der Waals surface area contributed by atoms with Crippen molar-refractivity contribution in [1.29, 1.82) is 0 Å². The van der Waals surface area contributed by atoms with E-state index in [1.165, 1.54) is 12.1 Å². The fourth-order valence-corrected chi connectivity index (χ4v) is 0.966. The summed E-state index contributed by atoms with van der Waals surface area (Å²) in [5, 5.41) is 10.4. The van der Waals surface area contributed by atoms with Crippen LogP contribution in [0.3, 0.4) is 0 Å². The molecule has 0 N–H and O–H groups in total. The summed E-state index contributed by atoms with van der Waals surface area (Å²) in [6.45, 7) is -0.640. The van der Waals surface area contributed by atoms with E-state index < -0.39 is 24.1 Å². The molecule has 1 aromatic carbocycles. The smallest absolute Gasteiger partial charge is 0.284 e. The average molecular weight is 203 g/mol. The van der Waals surface area contributed by atoms with Gasteiger partial charge in [0.05, 0.1) is 0 Å². The second kappa shape index (κ2) is 3.79. The average Bonchev–Trinajstić information content (AvgIpc) is 2.15. The maximum absolute atomic E-state index is 11.9. The molecule has 0 spiro atoms. The minimum atomic E-state index is -4.89. The van der Waals surface area contributed by atoms with Gasteiger partial charge in [0.25, 0.3) is 5.78 Å². The fraction of sp³-hybridized carbons (Fsp3) is 0.222. The number of alkyl halides is 3. The van der Waals surface area contributed by atoms with E-state index in [4.69, 9.17) is 0 Å². The Bertz CT molecular complexity index is 344. The molecule has 0 aliphatic rings. The van der Waals surface area contributed by atoms with Crippen molar-refractivity contribution in [2.75, 3.05) is 0 Å². The molecule has 0 aliphatic heterocycles. The van der Waals surface area contributed by atoms with Crippen LogP contribution in [0.1, 0.15) is 15.9 Å². The molecule has 1 aromatic rings. The normalized spacial score (nSPS) is 11.4. The first kappa shape index (κ1) is 10.7. The summed E-state index contributed by atoms with van der Waals surface area (Å²) in [5.74, 6) is -1.92. The molecule has 0 fully saturated rings. The molecule has 0 amide bonds. The maximum atomic E-state index is 11.9. The van der Waals surface area contributed by atoms with E-state index in [0.717, 1.165) is 12.1 Å². The molecule has 0 bridgehead atoms. The van der Waals surface area contributed by atoms with Crippen LogP contribution < -0.4 is 0 Å². The van der Waals surface area contributed by atoms with Crippen molar-refractivity contribution in [3.63, 3.8) is 0 Å². The van der Waals surface area contributed by atoms with Crippen LogP contribution >= 0.6 is 0 Å². The van der Waals surface area contributed by atoms with Gasteiger partial charge < -0.3 is 0 Å². The third-order valence-electron chi connectivity index (χ3n) is 1.61. The van der Waals surface area contributed by atoms with Gasteiger partial charge in [-0.2, -0.15) is 13.2 Å². The van der Waals surface area contributed by atoms with Crippen molar-refractivity contribution in [1.82, 2.24) is 0 Å². The topological polar surface area (TPSA) is 37.0 Å². The van der Waals surface area contributed by atoms with Gasteiger partial charge in [0, 0.05) is 5.56 Å². The third-order valence-corrected chi connectivity index (χ3v) is 1.61. The molecule has 1 radical (unpaired) electrons. The molecular formula is C9H6F3O2. The Labute approximate surface area is 78.0 Å². The standard InChI is InChI=1S/C9H6F3O2/c10-9(11,12)8(14)7-3-1-2-6(4-7)5-13/h1-4H,5H2. The summed E-state index contributed by atoms with van der Waals surface area (Å²) in [6.07, 6.45) is -4.89. The number of ketones is 1. The number of rotatable bonds is 2. The molecule has 0 unspecified atom stereocenters. The van der Waals surface area contributed by atoms with Gasteiger partial charge in [0.15, 0.2) is 0 Å². The number of hydrogen-bond acceptors (Lipinski definition) is 1. The lowest BCUT2D eigenvalue weighted by molar-refractivity contribution is -0.0885. The number of halogens is 3. The van der Waals surface area contributed by atoms with Crippen molar-refractivity contribution >= 4 is 5.78 Å². The number of Topliss-reactive ketones (excluding diaryl/α,β-unsaturated/α-hetero) is 1. The largest absolute Gasteiger partial charge is 0.454 e. The molecule has 14 heavy (non-hydrogen) atoms. The molecular weight excluding hydrogens is 197 g/mol. The molecule has 0 heterocycles. The van der Waals surface area contributed by atoms with E-state index in [1.807, 2.05) is 0 Å². The van der Waals surface area contributed by atoms with E-state index in [1.54, 1.807) is 0 Å². The minimum Gasteiger partial charge on any atom is -0.284 e. The first-order valence-corrected chi connectivity index (χ1v) is 3.73. The molecule has 5 heteroatoms. The molecule has 0 atom stereocenters. The molecule has 1 rings (SSSR count). The van der Waals surface area contributed by atoms with E-state index >= 15 is 0 Å². The highest BCUT2D eigenvalue weighted by Gasteiger charge is 2.39. The highest BCUT2D eigenvalue weighted by Crippen LogP contribution is 2.21. The summed E-state index contributed by atoms with van der Waals surface area (Å²) < 4.78 is 35.8. The van der Waals surface area contributed by atoms with Crippen molar-refractivity contribution in [3.8, 4) is 0 Å². The highest BCUT2D eigenvalue weighted by atomic mass is 19.4. The highest BCUT2D eigenvalue weighted by molar-refractivity contribution is 6.00. The van der Waals surface area contributed by atoms with Gasteiger partial charge in [-0.15, -0.1) is 0 Å². The van der Waals surface area contributed by atoms with Gasteiger partial charge in [-0.05, 0) is 11.6 Å². The van der Waals surface area contributed by atoms with E-state index in [-0.39, 0.29) is 5.56 Å². The van der Waals surface area contributed by atoms with Gasteiger partial charge in [0.1, 0.15) is 6.61 Å². The van der Waals surface area contributed by atoms with Crippen LogP contribution in [0.2, 0.25) is 0 Å². The number of carbonyl (C=O) groups excluding carboxylic acids is 1. The molecule has 2 nitrogen and oxygen atoms in total. The molecule has 75 valence electrons. The summed E-state index contributed by atoms with van der Waals surface area (Å²) >= 11 is 0. The van der Waals surface area contributed by atoms with Gasteiger partial charge in [0.2, 0.25) is 0 Å². The predicted molar refractivity (Wildman–Crippen MR) is 41.2 cm³/mol.